The Bertz CT molecular complexity index is 222. The predicted molar refractivity (Wildman–Crippen MR) is 40.9 cm³/mol. The van der Waals surface area contributed by atoms with Gasteiger partial charge in [-0.3, -0.25) is 4.79 Å². The summed E-state index contributed by atoms with van der Waals surface area (Å²) in [5.41, 5.74) is -1.74. The van der Waals surface area contributed by atoms with Crippen LogP contribution in [0.1, 0.15) is 20.8 Å². The highest BCUT2D eigenvalue weighted by molar-refractivity contribution is 5.88. The van der Waals surface area contributed by atoms with Crippen molar-refractivity contribution in [1.82, 2.24) is 0 Å². The molecule has 0 saturated carbocycles. The third kappa shape index (κ3) is 2.00. The molecule has 2 nitrogen and oxygen atoms in total. The molecule has 0 unspecified atom stereocenters. The van der Waals surface area contributed by atoms with Gasteiger partial charge in [0.25, 0.3) is 12.5 Å². The van der Waals surface area contributed by atoms with Crippen LogP contribution >= 0.6 is 0 Å². The lowest BCUT2D eigenvalue weighted by Crippen LogP contribution is -2.41. The van der Waals surface area contributed by atoms with Gasteiger partial charge in [-0.2, -0.15) is 0 Å². The van der Waals surface area contributed by atoms with Gasteiger partial charge in [0.05, 0.1) is 5.41 Å². The SMILES string of the molecule is [C-]#[N+]CC(=O)C(C)(C)C(C)(F)F. The Morgan fingerprint density at radius 2 is 1.83 bits per heavy atom. The van der Waals surface area contributed by atoms with Crippen molar-refractivity contribution in [3.8, 4) is 0 Å². The number of hydrogen-bond donors (Lipinski definition) is 0. The Hall–Kier alpha value is -0.980. The van der Waals surface area contributed by atoms with Gasteiger partial charge < -0.3 is 4.85 Å². The number of ketones is 1. The van der Waals surface area contributed by atoms with E-state index in [0.717, 1.165) is 13.8 Å². The number of nitrogens with zero attached hydrogens (tertiary/aromatic N) is 1. The third-order valence-electron chi connectivity index (χ3n) is 2.02. The van der Waals surface area contributed by atoms with Gasteiger partial charge >= 0.3 is 0 Å². The summed E-state index contributed by atoms with van der Waals surface area (Å²) in [6, 6.07) is 0. The number of halogens is 2. The second-order valence-electron chi connectivity index (χ2n) is 3.25. The van der Waals surface area contributed by atoms with Gasteiger partial charge in [0, 0.05) is 6.92 Å². The van der Waals surface area contributed by atoms with Crippen molar-refractivity contribution in [2.24, 2.45) is 5.41 Å². The maximum absolute atomic E-state index is 12.8. The molecule has 0 amide bonds. The average Bonchev–Trinajstić information content (AvgIpc) is 1.85. The summed E-state index contributed by atoms with van der Waals surface area (Å²) in [6.07, 6.45) is 0. The first-order chi connectivity index (χ1) is 5.23. The molecule has 0 aromatic rings. The second-order valence-corrected chi connectivity index (χ2v) is 3.25. The molecular formula is C8H11F2NO. The van der Waals surface area contributed by atoms with Crippen molar-refractivity contribution in [2.45, 2.75) is 26.7 Å². The van der Waals surface area contributed by atoms with Crippen molar-refractivity contribution in [3.63, 3.8) is 0 Å². The number of carbonyl (C=O) groups is 1. The van der Waals surface area contributed by atoms with Gasteiger partial charge in [-0.25, -0.2) is 15.4 Å². The van der Waals surface area contributed by atoms with Crippen molar-refractivity contribution in [3.05, 3.63) is 11.4 Å². The van der Waals surface area contributed by atoms with E-state index in [2.05, 4.69) is 4.85 Å². The summed E-state index contributed by atoms with van der Waals surface area (Å²) in [7, 11) is 0. The quantitative estimate of drug-likeness (QED) is 0.602. The first-order valence-electron chi connectivity index (χ1n) is 3.48. The molecule has 0 rings (SSSR count). The fourth-order valence-electron chi connectivity index (χ4n) is 0.514. The van der Waals surface area contributed by atoms with Crippen molar-refractivity contribution >= 4 is 5.78 Å². The van der Waals surface area contributed by atoms with E-state index < -0.39 is 23.7 Å². The second kappa shape index (κ2) is 3.18. The Balaban J connectivity index is 4.64. The molecule has 12 heavy (non-hydrogen) atoms. The maximum atomic E-state index is 12.8. The summed E-state index contributed by atoms with van der Waals surface area (Å²) in [4.78, 5) is 13.8. The highest BCUT2D eigenvalue weighted by Gasteiger charge is 2.48. The van der Waals surface area contributed by atoms with E-state index >= 15 is 0 Å². The van der Waals surface area contributed by atoms with E-state index in [4.69, 9.17) is 6.57 Å². The fourth-order valence-corrected chi connectivity index (χ4v) is 0.514. The minimum atomic E-state index is -3.07. The Morgan fingerprint density at radius 1 is 1.42 bits per heavy atom. The van der Waals surface area contributed by atoms with Gasteiger partial charge in [0.15, 0.2) is 0 Å². The van der Waals surface area contributed by atoms with E-state index in [1.165, 1.54) is 0 Å². The lowest BCUT2D eigenvalue weighted by Gasteiger charge is -2.27. The lowest BCUT2D eigenvalue weighted by molar-refractivity contribution is -0.146. The van der Waals surface area contributed by atoms with Gasteiger partial charge in [0.1, 0.15) is 0 Å². The molecule has 0 radical (unpaired) electrons. The molecule has 0 aliphatic heterocycles. The highest BCUT2D eigenvalue weighted by atomic mass is 19.3. The molecular weight excluding hydrogens is 164 g/mol. The fraction of sp³-hybridized carbons (Fsp3) is 0.750. The Kier molecular flexibility index (Phi) is 2.92. The van der Waals surface area contributed by atoms with Crippen LogP contribution in [-0.4, -0.2) is 18.3 Å². The van der Waals surface area contributed by atoms with Crippen LogP contribution in [0.5, 0.6) is 0 Å². The number of carbonyl (C=O) groups excluding carboxylic acids is 1. The monoisotopic (exact) mass is 175 g/mol. The topological polar surface area (TPSA) is 21.4 Å². The molecule has 0 fully saturated rings. The van der Waals surface area contributed by atoms with Gasteiger partial charge in [-0.05, 0) is 13.8 Å². The normalized spacial score (nSPS) is 12.3. The minimum absolute atomic E-state index is 0.476. The van der Waals surface area contributed by atoms with E-state index in [0.29, 0.717) is 6.92 Å². The average molecular weight is 175 g/mol. The molecule has 0 aromatic heterocycles. The van der Waals surface area contributed by atoms with E-state index in [1.807, 2.05) is 0 Å². The first-order valence-corrected chi connectivity index (χ1v) is 3.48. The van der Waals surface area contributed by atoms with Crippen molar-refractivity contribution in [1.29, 1.82) is 0 Å². The van der Waals surface area contributed by atoms with Crippen LogP contribution in [0, 0.1) is 12.0 Å². The lowest BCUT2D eigenvalue weighted by atomic mass is 9.82. The summed E-state index contributed by atoms with van der Waals surface area (Å²) < 4.78 is 25.5. The number of Topliss-reactive ketones (excluding diaryl/α,β-unsaturated/α-hetero) is 1. The smallest absolute Gasteiger partial charge is 0.272 e. The Labute approximate surface area is 70.4 Å². The van der Waals surface area contributed by atoms with Crippen LogP contribution in [0.4, 0.5) is 8.78 Å². The Morgan fingerprint density at radius 3 is 2.08 bits per heavy atom. The number of hydrogen-bond acceptors (Lipinski definition) is 1. The maximum Gasteiger partial charge on any atom is 0.272 e. The molecule has 0 spiro atoms. The number of rotatable bonds is 3. The largest absolute Gasteiger partial charge is 0.308 e. The van der Waals surface area contributed by atoms with Crippen LogP contribution in [0.25, 0.3) is 4.85 Å². The zero-order valence-corrected chi connectivity index (χ0v) is 7.32. The summed E-state index contributed by atoms with van der Waals surface area (Å²) in [5, 5.41) is 0. The minimum Gasteiger partial charge on any atom is -0.308 e. The summed E-state index contributed by atoms with van der Waals surface area (Å²) >= 11 is 0. The number of alkyl halides is 2. The first kappa shape index (κ1) is 11.0. The molecule has 0 atom stereocenters. The van der Waals surface area contributed by atoms with Crippen LogP contribution < -0.4 is 0 Å². The van der Waals surface area contributed by atoms with Crippen LogP contribution in [0.2, 0.25) is 0 Å². The molecule has 0 aromatic carbocycles. The zero-order chi connectivity index (χ0) is 9.99. The predicted octanol–water partition coefficient (Wildman–Crippen LogP) is 2.16. The van der Waals surface area contributed by atoms with Crippen LogP contribution in [-0.2, 0) is 4.79 Å². The highest BCUT2D eigenvalue weighted by Crippen LogP contribution is 2.36. The third-order valence-corrected chi connectivity index (χ3v) is 2.02. The molecule has 68 valence electrons. The van der Waals surface area contributed by atoms with Crippen molar-refractivity contribution in [2.75, 3.05) is 6.54 Å². The standard InChI is InChI=1S/C8H11F2NO/c1-7(2,8(3,9)10)6(12)5-11-4/h5H2,1-3H3. The van der Waals surface area contributed by atoms with E-state index in [-0.39, 0.29) is 0 Å². The molecule has 0 saturated heterocycles. The van der Waals surface area contributed by atoms with Gasteiger partial charge in [0.2, 0.25) is 5.78 Å². The molecule has 4 heteroatoms. The van der Waals surface area contributed by atoms with Gasteiger partial charge in [-0.15, -0.1) is 0 Å². The zero-order valence-electron chi connectivity index (χ0n) is 7.32. The summed E-state index contributed by atoms with van der Waals surface area (Å²) in [5.74, 6) is -3.79. The van der Waals surface area contributed by atoms with Crippen LogP contribution in [0.15, 0.2) is 0 Å². The van der Waals surface area contributed by atoms with Crippen LogP contribution in [0.3, 0.4) is 0 Å². The van der Waals surface area contributed by atoms with E-state index in [9.17, 15) is 13.6 Å². The summed E-state index contributed by atoms with van der Waals surface area (Å²) in [6.45, 7) is 8.90. The molecule has 0 bridgehead atoms. The molecule has 0 aliphatic rings. The van der Waals surface area contributed by atoms with Crippen molar-refractivity contribution < 1.29 is 13.6 Å². The van der Waals surface area contributed by atoms with Gasteiger partial charge in [-0.1, -0.05) is 0 Å². The molecule has 0 aliphatic carbocycles. The molecule has 0 N–H and O–H groups in total. The van der Waals surface area contributed by atoms with E-state index in [1.54, 1.807) is 0 Å². The molecule has 0 heterocycles.